The minimum Gasteiger partial charge on any atom is -0.360 e. The first-order valence-electron chi connectivity index (χ1n) is 4.88. The van der Waals surface area contributed by atoms with Gasteiger partial charge in [0.15, 0.2) is 0 Å². The first-order chi connectivity index (χ1) is 7.84. The number of aromatic amines is 1. The molecule has 16 heavy (non-hydrogen) atoms. The number of fused-ring (bicyclic) bond motifs is 1. The van der Waals surface area contributed by atoms with E-state index in [4.69, 9.17) is 11.6 Å². The van der Waals surface area contributed by atoms with Gasteiger partial charge in [-0.3, -0.25) is 0 Å². The second-order valence-electron chi connectivity index (χ2n) is 3.47. The Bertz CT molecular complexity index is 645. The first-order valence-corrected chi connectivity index (χ1v) is 5.26. The molecule has 0 unspecified atom stereocenters. The summed E-state index contributed by atoms with van der Waals surface area (Å²) in [6, 6.07) is 9.84. The van der Waals surface area contributed by atoms with E-state index in [0.717, 1.165) is 22.2 Å². The zero-order chi connectivity index (χ0) is 11.0. The number of halogens is 1. The highest BCUT2D eigenvalue weighted by Gasteiger charge is 2.06. The molecule has 0 atom stereocenters. The van der Waals surface area contributed by atoms with Gasteiger partial charge in [-0.2, -0.15) is 0 Å². The Hall–Kier alpha value is -1.87. The van der Waals surface area contributed by atoms with Crippen LogP contribution >= 0.6 is 11.6 Å². The molecule has 0 fully saturated rings. The molecule has 3 rings (SSSR count). The van der Waals surface area contributed by atoms with Crippen molar-refractivity contribution in [1.29, 1.82) is 0 Å². The molecule has 78 valence electrons. The van der Waals surface area contributed by atoms with Crippen molar-refractivity contribution in [2.75, 3.05) is 0 Å². The maximum Gasteiger partial charge on any atom is 0.133 e. The third kappa shape index (κ3) is 1.46. The van der Waals surface area contributed by atoms with Crippen molar-refractivity contribution in [3.63, 3.8) is 0 Å². The van der Waals surface area contributed by atoms with E-state index in [1.165, 1.54) is 6.33 Å². The Balaban J connectivity index is 2.26. The van der Waals surface area contributed by atoms with Crippen LogP contribution in [0.4, 0.5) is 0 Å². The van der Waals surface area contributed by atoms with Crippen molar-refractivity contribution in [2.24, 2.45) is 0 Å². The lowest BCUT2D eigenvalue weighted by Gasteiger charge is -1.98. The number of H-pyrrole nitrogens is 1. The Morgan fingerprint density at radius 3 is 2.88 bits per heavy atom. The second kappa shape index (κ2) is 3.61. The lowest BCUT2D eigenvalue weighted by molar-refractivity contribution is 1.17. The molecule has 0 amide bonds. The SMILES string of the molecule is Clc1cc(-c2c[nH]c3ccccc23)ncn1. The van der Waals surface area contributed by atoms with Gasteiger partial charge in [-0.1, -0.05) is 29.8 Å². The first kappa shape index (κ1) is 9.36. The van der Waals surface area contributed by atoms with Gasteiger partial charge in [0.1, 0.15) is 11.5 Å². The van der Waals surface area contributed by atoms with Crippen LogP contribution < -0.4 is 0 Å². The van der Waals surface area contributed by atoms with Crippen LogP contribution in [0.15, 0.2) is 42.9 Å². The molecule has 2 heterocycles. The lowest BCUT2D eigenvalue weighted by atomic mass is 10.1. The molecule has 0 bridgehead atoms. The molecule has 0 saturated carbocycles. The van der Waals surface area contributed by atoms with E-state index in [2.05, 4.69) is 21.0 Å². The van der Waals surface area contributed by atoms with Crippen LogP contribution in [-0.4, -0.2) is 15.0 Å². The van der Waals surface area contributed by atoms with Crippen LogP contribution in [0.25, 0.3) is 22.2 Å². The molecule has 0 aliphatic rings. The van der Waals surface area contributed by atoms with Crippen LogP contribution in [0.2, 0.25) is 5.15 Å². The molecule has 0 radical (unpaired) electrons. The summed E-state index contributed by atoms with van der Waals surface area (Å²) in [7, 11) is 0. The summed E-state index contributed by atoms with van der Waals surface area (Å²) < 4.78 is 0. The zero-order valence-electron chi connectivity index (χ0n) is 8.31. The lowest BCUT2D eigenvalue weighted by Crippen LogP contribution is -1.83. The number of benzene rings is 1. The van der Waals surface area contributed by atoms with E-state index >= 15 is 0 Å². The predicted octanol–water partition coefficient (Wildman–Crippen LogP) is 3.28. The van der Waals surface area contributed by atoms with Crippen LogP contribution in [0.3, 0.4) is 0 Å². The highest BCUT2D eigenvalue weighted by atomic mass is 35.5. The summed E-state index contributed by atoms with van der Waals surface area (Å²) in [5.41, 5.74) is 2.96. The van der Waals surface area contributed by atoms with E-state index in [-0.39, 0.29) is 0 Å². The maximum absolute atomic E-state index is 5.85. The van der Waals surface area contributed by atoms with E-state index in [0.29, 0.717) is 5.15 Å². The van der Waals surface area contributed by atoms with Gasteiger partial charge < -0.3 is 4.98 Å². The van der Waals surface area contributed by atoms with Gasteiger partial charge in [0, 0.05) is 28.7 Å². The molecular formula is C12H8ClN3. The average molecular weight is 230 g/mol. The minimum absolute atomic E-state index is 0.454. The van der Waals surface area contributed by atoms with Crippen molar-refractivity contribution >= 4 is 22.5 Å². The largest absolute Gasteiger partial charge is 0.360 e. The van der Waals surface area contributed by atoms with Gasteiger partial charge in [-0.15, -0.1) is 0 Å². The molecule has 1 aromatic carbocycles. The number of nitrogens with zero attached hydrogens (tertiary/aromatic N) is 2. The van der Waals surface area contributed by atoms with Crippen LogP contribution in [-0.2, 0) is 0 Å². The topological polar surface area (TPSA) is 41.6 Å². The third-order valence-electron chi connectivity index (χ3n) is 2.50. The summed E-state index contributed by atoms with van der Waals surface area (Å²) >= 11 is 5.85. The van der Waals surface area contributed by atoms with Crippen molar-refractivity contribution in [3.05, 3.63) is 48.0 Å². The quantitative estimate of drug-likeness (QED) is 0.651. The summed E-state index contributed by atoms with van der Waals surface area (Å²) in [6.07, 6.45) is 3.41. The number of hydrogen-bond acceptors (Lipinski definition) is 2. The smallest absolute Gasteiger partial charge is 0.133 e. The Labute approximate surface area is 97.1 Å². The van der Waals surface area contributed by atoms with E-state index in [1.807, 2.05) is 24.4 Å². The second-order valence-corrected chi connectivity index (χ2v) is 3.86. The average Bonchev–Trinajstić information content (AvgIpc) is 2.72. The normalized spacial score (nSPS) is 10.8. The van der Waals surface area contributed by atoms with Crippen LogP contribution in [0, 0.1) is 0 Å². The Kier molecular flexibility index (Phi) is 2.11. The monoisotopic (exact) mass is 229 g/mol. The van der Waals surface area contributed by atoms with Crippen molar-refractivity contribution in [2.45, 2.75) is 0 Å². The molecule has 0 aliphatic heterocycles. The van der Waals surface area contributed by atoms with Crippen molar-refractivity contribution in [3.8, 4) is 11.3 Å². The van der Waals surface area contributed by atoms with E-state index in [9.17, 15) is 0 Å². The molecule has 1 N–H and O–H groups in total. The molecule has 2 aromatic heterocycles. The molecule has 3 nitrogen and oxygen atoms in total. The number of para-hydroxylation sites is 1. The Morgan fingerprint density at radius 1 is 1.12 bits per heavy atom. The van der Waals surface area contributed by atoms with Crippen molar-refractivity contribution < 1.29 is 0 Å². The number of rotatable bonds is 1. The van der Waals surface area contributed by atoms with Crippen LogP contribution in [0.5, 0.6) is 0 Å². The standard InChI is InChI=1S/C12H8ClN3/c13-12-5-11(15-7-16-12)9-6-14-10-4-2-1-3-8(9)10/h1-7,14H. The molecule has 4 heteroatoms. The summed E-state index contributed by atoms with van der Waals surface area (Å²) in [5, 5.41) is 1.59. The van der Waals surface area contributed by atoms with Gasteiger partial charge in [0.05, 0.1) is 5.69 Å². The summed E-state index contributed by atoms with van der Waals surface area (Å²) in [4.78, 5) is 11.3. The maximum atomic E-state index is 5.85. The number of nitrogens with one attached hydrogen (secondary N) is 1. The molecule has 0 spiro atoms. The Morgan fingerprint density at radius 2 is 2.00 bits per heavy atom. The van der Waals surface area contributed by atoms with Gasteiger partial charge in [-0.25, -0.2) is 9.97 Å². The highest BCUT2D eigenvalue weighted by molar-refractivity contribution is 6.29. The van der Waals surface area contributed by atoms with Gasteiger partial charge in [0.25, 0.3) is 0 Å². The molecule has 3 aromatic rings. The fourth-order valence-electron chi connectivity index (χ4n) is 1.76. The zero-order valence-corrected chi connectivity index (χ0v) is 9.07. The van der Waals surface area contributed by atoms with Gasteiger partial charge >= 0.3 is 0 Å². The highest BCUT2D eigenvalue weighted by Crippen LogP contribution is 2.27. The van der Waals surface area contributed by atoms with Gasteiger partial charge in [0.2, 0.25) is 0 Å². The van der Waals surface area contributed by atoms with Gasteiger partial charge in [-0.05, 0) is 6.07 Å². The van der Waals surface area contributed by atoms with Crippen LogP contribution in [0.1, 0.15) is 0 Å². The summed E-state index contributed by atoms with van der Waals surface area (Å²) in [6.45, 7) is 0. The fraction of sp³-hybridized carbons (Fsp3) is 0. The van der Waals surface area contributed by atoms with E-state index in [1.54, 1.807) is 6.07 Å². The minimum atomic E-state index is 0.454. The molecular weight excluding hydrogens is 222 g/mol. The predicted molar refractivity (Wildman–Crippen MR) is 64.3 cm³/mol. The van der Waals surface area contributed by atoms with Crippen molar-refractivity contribution in [1.82, 2.24) is 15.0 Å². The number of aromatic nitrogens is 3. The third-order valence-corrected chi connectivity index (χ3v) is 2.71. The van der Waals surface area contributed by atoms with E-state index < -0.39 is 0 Å². The molecule has 0 saturated heterocycles. The molecule has 0 aliphatic carbocycles. The summed E-state index contributed by atoms with van der Waals surface area (Å²) in [5.74, 6) is 0. The number of hydrogen-bond donors (Lipinski definition) is 1. The fourth-order valence-corrected chi connectivity index (χ4v) is 1.91.